The van der Waals surface area contributed by atoms with Crippen LogP contribution in [0.25, 0.3) is 16.9 Å². The van der Waals surface area contributed by atoms with Crippen LogP contribution in [0.5, 0.6) is 5.75 Å². The molecule has 6 nitrogen and oxygen atoms in total. The molecule has 2 N–H and O–H groups in total. The van der Waals surface area contributed by atoms with Crippen molar-refractivity contribution in [1.82, 2.24) is 19.5 Å². The van der Waals surface area contributed by atoms with Gasteiger partial charge in [0, 0.05) is 42.3 Å². The maximum absolute atomic E-state index is 13.3. The summed E-state index contributed by atoms with van der Waals surface area (Å²) in [6.07, 6.45) is 2.30. The fourth-order valence-electron chi connectivity index (χ4n) is 3.26. The molecule has 4 rings (SSSR count). The number of alkyl halides is 1. The quantitative estimate of drug-likeness (QED) is 0.247. The summed E-state index contributed by atoms with van der Waals surface area (Å²) >= 11 is 1.63. The van der Waals surface area contributed by atoms with Gasteiger partial charge in [-0.25, -0.2) is 9.37 Å². The van der Waals surface area contributed by atoms with E-state index in [0.29, 0.717) is 47.8 Å². The molecule has 3 heterocycles. The van der Waals surface area contributed by atoms with Crippen LogP contribution in [0.3, 0.4) is 0 Å². The van der Waals surface area contributed by atoms with Crippen molar-refractivity contribution in [3.63, 3.8) is 0 Å². The van der Waals surface area contributed by atoms with Gasteiger partial charge in [-0.3, -0.25) is 4.90 Å². The Morgan fingerprint density at radius 1 is 1.23 bits per heavy atom. The standard InChI is InChI=1S/C21H21BFN5OS/c22-17-12-25-28-20(11-18(26-21(17)28)16-6-1-2-7-19(16)29)24-8-4-9-27(14-23)13-15-5-3-10-30-15/h1-3,5-7,10-12,24,29H,4,8-9,13-14H2. The Balaban J connectivity index is 1.47. The largest absolute Gasteiger partial charge is 0.507 e. The molecule has 1 aromatic carbocycles. The molecule has 9 heteroatoms. The number of halogens is 1. The zero-order valence-corrected chi connectivity index (χ0v) is 17.1. The molecular weight excluding hydrogens is 400 g/mol. The van der Waals surface area contributed by atoms with Crippen LogP contribution >= 0.6 is 11.3 Å². The van der Waals surface area contributed by atoms with Crippen molar-refractivity contribution in [2.24, 2.45) is 0 Å². The van der Waals surface area contributed by atoms with E-state index >= 15 is 0 Å². The van der Waals surface area contributed by atoms with Gasteiger partial charge < -0.3 is 10.4 Å². The smallest absolute Gasteiger partial charge is 0.150 e. The van der Waals surface area contributed by atoms with Gasteiger partial charge in [-0.1, -0.05) is 18.2 Å². The molecule has 0 bridgehead atoms. The Morgan fingerprint density at radius 2 is 2.10 bits per heavy atom. The van der Waals surface area contributed by atoms with Crippen molar-refractivity contribution in [2.45, 2.75) is 13.0 Å². The highest BCUT2D eigenvalue weighted by atomic mass is 32.1. The van der Waals surface area contributed by atoms with Gasteiger partial charge in [0.05, 0.1) is 5.69 Å². The first-order valence-corrected chi connectivity index (χ1v) is 10.5. The van der Waals surface area contributed by atoms with Crippen molar-refractivity contribution in [1.29, 1.82) is 0 Å². The summed E-state index contributed by atoms with van der Waals surface area (Å²) in [4.78, 5) is 7.48. The lowest BCUT2D eigenvalue weighted by Gasteiger charge is -2.18. The average molecular weight is 421 g/mol. The summed E-state index contributed by atoms with van der Waals surface area (Å²) in [7, 11) is 6.02. The van der Waals surface area contributed by atoms with E-state index in [1.807, 2.05) is 29.6 Å². The van der Waals surface area contributed by atoms with Gasteiger partial charge in [-0.05, 0) is 35.5 Å². The Labute approximate surface area is 179 Å². The van der Waals surface area contributed by atoms with Gasteiger partial charge in [0.15, 0.2) is 5.65 Å². The topological polar surface area (TPSA) is 65.7 Å². The highest BCUT2D eigenvalue weighted by Gasteiger charge is 2.13. The van der Waals surface area contributed by atoms with E-state index in [1.54, 1.807) is 45.1 Å². The van der Waals surface area contributed by atoms with Crippen molar-refractivity contribution >= 4 is 36.1 Å². The summed E-state index contributed by atoms with van der Waals surface area (Å²) in [5, 5.41) is 19.8. The molecule has 0 fully saturated rings. The Kier molecular flexibility index (Phi) is 6.30. The molecule has 4 aromatic rings. The summed E-state index contributed by atoms with van der Waals surface area (Å²) < 4.78 is 15.0. The van der Waals surface area contributed by atoms with Crippen LogP contribution < -0.4 is 10.8 Å². The number of phenols is 1. The third-order valence-corrected chi connectivity index (χ3v) is 5.63. The van der Waals surface area contributed by atoms with Crippen molar-refractivity contribution < 1.29 is 9.50 Å². The van der Waals surface area contributed by atoms with Gasteiger partial charge in [0.2, 0.25) is 0 Å². The van der Waals surface area contributed by atoms with E-state index in [1.165, 1.54) is 0 Å². The fraction of sp³-hybridized carbons (Fsp3) is 0.238. The Morgan fingerprint density at radius 3 is 2.87 bits per heavy atom. The molecule has 0 spiro atoms. The number of aromatic nitrogens is 3. The first kappa shape index (κ1) is 20.4. The number of benzene rings is 1. The van der Waals surface area contributed by atoms with Crippen LogP contribution in [0, 0.1) is 0 Å². The summed E-state index contributed by atoms with van der Waals surface area (Å²) in [5.74, 6) is 0.852. The van der Waals surface area contributed by atoms with Crippen LogP contribution in [0.4, 0.5) is 10.2 Å². The molecule has 0 saturated heterocycles. The number of rotatable bonds is 9. The molecule has 0 aliphatic carbocycles. The van der Waals surface area contributed by atoms with Crippen molar-refractivity contribution in [3.8, 4) is 17.0 Å². The summed E-state index contributed by atoms with van der Waals surface area (Å²) in [5.41, 5.74) is 2.18. The SMILES string of the molecule is [B]c1cnn2c(NCCCN(CF)Cc3cccs3)cc(-c3ccccc3O)nc12. The van der Waals surface area contributed by atoms with E-state index in [9.17, 15) is 9.50 Å². The van der Waals surface area contributed by atoms with Crippen LogP contribution in [0.1, 0.15) is 11.3 Å². The molecule has 0 aliphatic heterocycles. The van der Waals surface area contributed by atoms with Crippen LogP contribution in [-0.2, 0) is 6.54 Å². The molecule has 0 unspecified atom stereocenters. The highest BCUT2D eigenvalue weighted by molar-refractivity contribution is 7.09. The normalized spacial score (nSPS) is 11.4. The Hall–Kier alpha value is -2.91. The number of thiophene rings is 1. The number of para-hydroxylation sites is 1. The van der Waals surface area contributed by atoms with E-state index in [-0.39, 0.29) is 5.75 Å². The number of nitrogens with zero attached hydrogens (tertiary/aromatic N) is 4. The molecule has 152 valence electrons. The van der Waals surface area contributed by atoms with E-state index in [2.05, 4.69) is 15.4 Å². The van der Waals surface area contributed by atoms with Crippen LogP contribution in [0.15, 0.2) is 54.0 Å². The predicted molar refractivity (Wildman–Crippen MR) is 119 cm³/mol. The second kappa shape index (κ2) is 9.27. The van der Waals surface area contributed by atoms with Gasteiger partial charge in [-0.2, -0.15) is 9.61 Å². The van der Waals surface area contributed by atoms with Crippen molar-refractivity contribution in [2.75, 3.05) is 25.2 Å². The molecule has 30 heavy (non-hydrogen) atoms. The number of hydrogen-bond acceptors (Lipinski definition) is 6. The third-order valence-electron chi connectivity index (χ3n) is 4.76. The predicted octanol–water partition coefficient (Wildman–Crippen LogP) is 3.19. The van der Waals surface area contributed by atoms with Crippen LogP contribution in [-0.4, -0.2) is 52.3 Å². The summed E-state index contributed by atoms with van der Waals surface area (Å²) in [6, 6.07) is 12.8. The van der Waals surface area contributed by atoms with Gasteiger partial charge in [-0.15, -0.1) is 11.3 Å². The zero-order chi connectivity index (χ0) is 20.9. The molecule has 0 atom stereocenters. The number of anilines is 1. The van der Waals surface area contributed by atoms with Crippen LogP contribution in [0.2, 0.25) is 0 Å². The highest BCUT2D eigenvalue weighted by Crippen LogP contribution is 2.29. The maximum atomic E-state index is 13.3. The number of hydrogen-bond donors (Lipinski definition) is 2. The lowest BCUT2D eigenvalue weighted by molar-refractivity contribution is 0.178. The average Bonchev–Trinajstić information content (AvgIpc) is 3.40. The third kappa shape index (κ3) is 4.47. The van der Waals surface area contributed by atoms with E-state index in [0.717, 1.165) is 11.3 Å². The van der Waals surface area contributed by atoms with Gasteiger partial charge >= 0.3 is 0 Å². The first-order valence-electron chi connectivity index (χ1n) is 9.63. The maximum Gasteiger partial charge on any atom is 0.150 e. The first-order chi connectivity index (χ1) is 14.7. The molecular formula is C21H21BFN5OS. The summed E-state index contributed by atoms with van der Waals surface area (Å²) in [6.45, 7) is 1.38. The molecule has 0 aliphatic rings. The molecule has 2 radical (unpaired) electrons. The lowest BCUT2D eigenvalue weighted by Crippen LogP contribution is -2.24. The number of nitrogens with one attached hydrogen (secondary N) is 1. The van der Waals surface area contributed by atoms with E-state index in [4.69, 9.17) is 7.85 Å². The second-order valence-electron chi connectivity index (χ2n) is 6.91. The number of fused-ring (bicyclic) bond motifs is 1. The minimum atomic E-state index is -0.482. The number of aromatic hydroxyl groups is 1. The minimum absolute atomic E-state index is 0.144. The molecule has 0 amide bonds. The minimum Gasteiger partial charge on any atom is -0.507 e. The van der Waals surface area contributed by atoms with Crippen molar-refractivity contribution in [3.05, 3.63) is 58.9 Å². The molecule has 0 saturated carbocycles. The fourth-order valence-corrected chi connectivity index (χ4v) is 4.00. The zero-order valence-electron chi connectivity index (χ0n) is 16.3. The lowest BCUT2D eigenvalue weighted by atomic mass is 10.0. The Bertz CT molecular complexity index is 1120. The number of phenolic OH excluding ortho intramolecular Hbond substituents is 1. The monoisotopic (exact) mass is 421 g/mol. The molecule has 3 aromatic heterocycles. The second-order valence-corrected chi connectivity index (χ2v) is 7.94. The van der Waals surface area contributed by atoms with E-state index < -0.39 is 6.80 Å². The van der Waals surface area contributed by atoms with Gasteiger partial charge in [0.1, 0.15) is 26.2 Å². The van der Waals surface area contributed by atoms with Gasteiger partial charge in [0.25, 0.3) is 0 Å².